The number of carbonyl (C=O) groups excluding carboxylic acids is 1. The molecule has 0 unspecified atom stereocenters. The van der Waals surface area contributed by atoms with Crippen LogP contribution in [0.15, 0.2) is 17.5 Å². The summed E-state index contributed by atoms with van der Waals surface area (Å²) in [5, 5.41) is 3.94. The lowest BCUT2D eigenvalue weighted by Gasteiger charge is -2.05. The molecular weight excluding hydrogens is 375 g/mol. The van der Waals surface area contributed by atoms with Crippen LogP contribution in [0.2, 0.25) is 0 Å². The van der Waals surface area contributed by atoms with Crippen LogP contribution in [0.25, 0.3) is 10.1 Å². The maximum atomic E-state index is 10.9. The predicted molar refractivity (Wildman–Crippen MR) is 72.6 cm³/mol. The highest BCUT2D eigenvalue weighted by atomic mass is 127. The Morgan fingerprint density at radius 2 is 2.36 bits per heavy atom. The van der Waals surface area contributed by atoms with E-state index >= 15 is 0 Å². The van der Waals surface area contributed by atoms with Crippen molar-refractivity contribution in [2.45, 2.75) is 5.33 Å². The van der Waals surface area contributed by atoms with Gasteiger partial charge in [0.1, 0.15) is 6.29 Å². The summed E-state index contributed by atoms with van der Waals surface area (Å²) >= 11 is 7.44. The lowest BCUT2D eigenvalue weighted by atomic mass is 10.1. The number of aldehydes is 1. The van der Waals surface area contributed by atoms with E-state index in [0.717, 1.165) is 28.1 Å². The summed E-state index contributed by atoms with van der Waals surface area (Å²) in [5.74, 6) is 0. The zero-order chi connectivity index (χ0) is 10.1. The first-order chi connectivity index (χ1) is 6.77. The minimum absolute atomic E-state index is 0.729. The van der Waals surface area contributed by atoms with Crippen molar-refractivity contribution < 1.29 is 4.79 Å². The van der Waals surface area contributed by atoms with Crippen LogP contribution in [0.4, 0.5) is 0 Å². The van der Waals surface area contributed by atoms with Gasteiger partial charge in [-0.15, -0.1) is 11.3 Å². The summed E-state index contributed by atoms with van der Waals surface area (Å²) in [6.45, 7) is 0. The zero-order valence-corrected chi connectivity index (χ0v) is 11.6. The van der Waals surface area contributed by atoms with Crippen LogP contribution >= 0.6 is 49.9 Å². The van der Waals surface area contributed by atoms with Crippen molar-refractivity contribution in [1.82, 2.24) is 0 Å². The maximum Gasteiger partial charge on any atom is 0.150 e. The van der Waals surface area contributed by atoms with Crippen LogP contribution in [0, 0.1) is 3.57 Å². The molecule has 0 spiro atoms. The molecule has 0 aliphatic rings. The smallest absolute Gasteiger partial charge is 0.150 e. The van der Waals surface area contributed by atoms with Crippen LogP contribution < -0.4 is 0 Å². The number of rotatable bonds is 2. The SMILES string of the molecule is O=Cc1cc2ccsc2c(I)c1CBr. The topological polar surface area (TPSA) is 17.1 Å². The van der Waals surface area contributed by atoms with Gasteiger partial charge >= 0.3 is 0 Å². The standard InChI is InChI=1S/C10H6BrIOS/c11-4-8-7(5-13)3-6-1-2-14-10(6)9(8)12/h1-3,5H,4H2. The van der Waals surface area contributed by atoms with Gasteiger partial charge in [-0.3, -0.25) is 4.79 Å². The summed E-state index contributed by atoms with van der Waals surface area (Å²) in [7, 11) is 0. The average Bonchev–Trinajstić information content (AvgIpc) is 2.65. The third-order valence-corrected chi connectivity index (χ3v) is 5.14. The van der Waals surface area contributed by atoms with Crippen molar-refractivity contribution in [3.05, 3.63) is 32.2 Å². The number of fused-ring (bicyclic) bond motifs is 1. The van der Waals surface area contributed by atoms with E-state index in [1.165, 1.54) is 8.27 Å². The van der Waals surface area contributed by atoms with E-state index in [1.807, 2.05) is 12.1 Å². The number of thiophene rings is 1. The highest BCUT2D eigenvalue weighted by Crippen LogP contribution is 2.31. The zero-order valence-electron chi connectivity index (χ0n) is 7.09. The third-order valence-electron chi connectivity index (χ3n) is 2.08. The van der Waals surface area contributed by atoms with Crippen molar-refractivity contribution in [2.75, 3.05) is 0 Å². The summed E-state index contributed by atoms with van der Waals surface area (Å²) in [5.41, 5.74) is 1.88. The molecule has 0 saturated carbocycles. The van der Waals surface area contributed by atoms with Crippen LogP contribution in [0.1, 0.15) is 15.9 Å². The molecule has 0 bridgehead atoms. The molecule has 0 aliphatic heterocycles. The van der Waals surface area contributed by atoms with Crippen LogP contribution in [0.5, 0.6) is 0 Å². The molecule has 0 fully saturated rings. The molecule has 2 rings (SSSR count). The molecule has 0 saturated heterocycles. The molecule has 14 heavy (non-hydrogen) atoms. The fourth-order valence-electron chi connectivity index (χ4n) is 1.37. The van der Waals surface area contributed by atoms with E-state index in [1.54, 1.807) is 11.3 Å². The Morgan fingerprint density at radius 3 is 3.00 bits per heavy atom. The van der Waals surface area contributed by atoms with E-state index in [4.69, 9.17) is 0 Å². The average molecular weight is 381 g/mol. The quantitative estimate of drug-likeness (QED) is 0.433. The number of halogens is 2. The second-order valence-corrected chi connectivity index (χ2v) is 5.40. The minimum Gasteiger partial charge on any atom is -0.298 e. The fourth-order valence-corrected chi connectivity index (χ4v) is 4.53. The van der Waals surface area contributed by atoms with Gasteiger partial charge in [-0.2, -0.15) is 0 Å². The molecule has 2 aromatic rings. The molecule has 1 nitrogen and oxygen atoms in total. The molecule has 1 heterocycles. The van der Waals surface area contributed by atoms with Crippen molar-refractivity contribution in [1.29, 1.82) is 0 Å². The molecule has 0 radical (unpaired) electrons. The normalized spacial score (nSPS) is 10.7. The van der Waals surface area contributed by atoms with Crippen LogP contribution in [0.3, 0.4) is 0 Å². The molecule has 0 atom stereocenters. The molecule has 1 aromatic heterocycles. The van der Waals surface area contributed by atoms with E-state index in [2.05, 4.69) is 43.9 Å². The summed E-state index contributed by atoms with van der Waals surface area (Å²) < 4.78 is 2.46. The Morgan fingerprint density at radius 1 is 1.57 bits per heavy atom. The van der Waals surface area contributed by atoms with Gasteiger partial charge in [0.15, 0.2) is 0 Å². The minimum atomic E-state index is 0.729. The van der Waals surface area contributed by atoms with Crippen LogP contribution in [-0.2, 0) is 5.33 Å². The first kappa shape index (κ1) is 10.6. The van der Waals surface area contributed by atoms with Gasteiger partial charge in [0.2, 0.25) is 0 Å². The lowest BCUT2D eigenvalue weighted by molar-refractivity contribution is 0.112. The molecule has 1 aromatic carbocycles. The van der Waals surface area contributed by atoms with Gasteiger partial charge in [-0.25, -0.2) is 0 Å². The summed E-state index contributed by atoms with van der Waals surface area (Å²) in [4.78, 5) is 10.9. The largest absolute Gasteiger partial charge is 0.298 e. The number of carbonyl (C=O) groups is 1. The van der Waals surface area contributed by atoms with E-state index in [-0.39, 0.29) is 0 Å². The highest BCUT2D eigenvalue weighted by molar-refractivity contribution is 14.1. The number of benzene rings is 1. The second-order valence-electron chi connectivity index (χ2n) is 2.85. The van der Waals surface area contributed by atoms with Gasteiger partial charge in [0, 0.05) is 19.2 Å². The molecular formula is C10H6BrIOS. The van der Waals surface area contributed by atoms with Gasteiger partial charge in [-0.1, -0.05) is 15.9 Å². The number of hydrogen-bond donors (Lipinski definition) is 0. The van der Waals surface area contributed by atoms with Gasteiger partial charge in [0.25, 0.3) is 0 Å². The van der Waals surface area contributed by atoms with Gasteiger partial charge in [-0.05, 0) is 51.1 Å². The first-order valence-corrected chi connectivity index (χ1v) is 7.05. The Balaban J connectivity index is 2.85. The second kappa shape index (κ2) is 4.28. The van der Waals surface area contributed by atoms with Crippen molar-refractivity contribution >= 4 is 66.2 Å². The predicted octanol–water partition coefficient (Wildman–Crippen LogP) is 4.21. The Kier molecular flexibility index (Phi) is 3.23. The fraction of sp³-hybridized carbons (Fsp3) is 0.100. The monoisotopic (exact) mass is 380 g/mol. The Bertz CT molecular complexity index is 492. The highest BCUT2D eigenvalue weighted by Gasteiger charge is 2.10. The summed E-state index contributed by atoms with van der Waals surface area (Å²) in [6, 6.07) is 4.00. The Labute approximate surface area is 108 Å². The van der Waals surface area contributed by atoms with E-state index in [0.29, 0.717) is 0 Å². The van der Waals surface area contributed by atoms with Crippen molar-refractivity contribution in [2.24, 2.45) is 0 Å². The van der Waals surface area contributed by atoms with E-state index < -0.39 is 0 Å². The molecule has 4 heteroatoms. The molecule has 0 amide bonds. The van der Waals surface area contributed by atoms with Crippen molar-refractivity contribution in [3.63, 3.8) is 0 Å². The number of alkyl halides is 1. The number of hydrogen-bond acceptors (Lipinski definition) is 2. The lowest BCUT2D eigenvalue weighted by Crippen LogP contribution is -1.93. The molecule has 0 N–H and O–H groups in total. The first-order valence-electron chi connectivity index (χ1n) is 3.97. The van der Waals surface area contributed by atoms with E-state index in [9.17, 15) is 4.79 Å². The molecule has 0 aliphatic carbocycles. The van der Waals surface area contributed by atoms with Crippen LogP contribution in [-0.4, -0.2) is 6.29 Å². The van der Waals surface area contributed by atoms with Crippen molar-refractivity contribution in [3.8, 4) is 0 Å². The summed E-state index contributed by atoms with van der Waals surface area (Å²) in [6.07, 6.45) is 0.926. The Hall–Kier alpha value is 0.0600. The maximum absolute atomic E-state index is 10.9. The molecule has 72 valence electrons. The van der Waals surface area contributed by atoms with Gasteiger partial charge in [0.05, 0.1) is 0 Å². The van der Waals surface area contributed by atoms with Gasteiger partial charge < -0.3 is 0 Å². The third kappa shape index (κ3) is 1.63.